The molecule has 2 aromatic carbocycles. The van der Waals surface area contributed by atoms with Gasteiger partial charge in [0.05, 0.1) is 18.8 Å². The van der Waals surface area contributed by atoms with Crippen LogP contribution in [0.15, 0.2) is 58.9 Å². The number of amides is 1. The van der Waals surface area contributed by atoms with Gasteiger partial charge in [0, 0.05) is 30.0 Å². The van der Waals surface area contributed by atoms with Crippen molar-refractivity contribution in [2.45, 2.75) is 39.7 Å². The lowest BCUT2D eigenvalue weighted by Crippen LogP contribution is -2.38. The third kappa shape index (κ3) is 8.91. The number of alkyl halides is 3. The molecule has 0 saturated heterocycles. The number of likely N-dealkylation sites (N-methyl/N-ethyl adjacent to an activating group) is 1. The first-order valence-corrected chi connectivity index (χ1v) is 13.2. The first-order valence-electron chi connectivity index (χ1n) is 12.0. The second kappa shape index (κ2) is 13.6. The van der Waals surface area contributed by atoms with Crippen LogP contribution in [0, 0.1) is 0 Å². The number of halogens is 4. The molecule has 3 rings (SSSR count). The fourth-order valence-corrected chi connectivity index (χ4v) is 4.79. The Morgan fingerprint density at radius 1 is 1.11 bits per heavy atom. The third-order valence-electron chi connectivity index (χ3n) is 5.62. The maximum atomic E-state index is 12.5. The molecule has 0 unspecified atom stereocenters. The summed E-state index contributed by atoms with van der Waals surface area (Å²) in [5.74, 6) is -0.207. The summed E-state index contributed by atoms with van der Waals surface area (Å²) in [6, 6.07) is 13.3. The third-order valence-corrected chi connectivity index (χ3v) is 6.77. The van der Waals surface area contributed by atoms with E-state index >= 15 is 0 Å². The number of carbonyl (C=O) groups is 1. The zero-order chi connectivity index (χ0) is 26.8. The van der Waals surface area contributed by atoms with Crippen LogP contribution < -0.4 is 14.9 Å². The predicted octanol–water partition coefficient (Wildman–Crippen LogP) is 5.72. The van der Waals surface area contributed by atoms with E-state index < -0.39 is 6.36 Å². The molecular formula is C26H30ClF3N4O2S. The summed E-state index contributed by atoms with van der Waals surface area (Å²) >= 11 is 7.44. The minimum Gasteiger partial charge on any atom is -0.406 e. The average Bonchev–Trinajstić information content (AvgIpc) is 3.26. The summed E-state index contributed by atoms with van der Waals surface area (Å²) in [6.07, 6.45) is -4.00. The Balaban J connectivity index is 1.76. The van der Waals surface area contributed by atoms with E-state index in [1.807, 2.05) is 48.1 Å². The van der Waals surface area contributed by atoms with Gasteiger partial charge in [-0.15, -0.1) is 24.5 Å². The summed E-state index contributed by atoms with van der Waals surface area (Å²) in [5.41, 5.74) is 2.61. The van der Waals surface area contributed by atoms with E-state index in [0.29, 0.717) is 37.7 Å². The number of thiazole rings is 1. The lowest BCUT2D eigenvalue weighted by Gasteiger charge is -2.18. The minimum absolute atomic E-state index is 0.0636. The average molecular weight is 555 g/mol. The fraction of sp³-hybridized carbons (Fsp3) is 0.385. The lowest BCUT2D eigenvalue weighted by molar-refractivity contribution is -0.274. The summed E-state index contributed by atoms with van der Waals surface area (Å²) in [4.78, 5) is 19.5. The lowest BCUT2D eigenvalue weighted by atomic mass is 10.1. The highest BCUT2D eigenvalue weighted by atomic mass is 35.5. The van der Waals surface area contributed by atoms with Crippen LogP contribution in [-0.4, -0.2) is 47.9 Å². The van der Waals surface area contributed by atoms with Crippen molar-refractivity contribution >= 4 is 28.8 Å². The maximum absolute atomic E-state index is 12.5. The molecule has 0 radical (unpaired) electrons. The number of aromatic nitrogens is 1. The molecule has 1 heterocycles. The number of benzene rings is 2. The van der Waals surface area contributed by atoms with Gasteiger partial charge in [-0.25, -0.2) is 0 Å². The zero-order valence-corrected chi connectivity index (χ0v) is 22.3. The summed E-state index contributed by atoms with van der Waals surface area (Å²) in [7, 11) is 0. The molecule has 0 aliphatic carbocycles. The Labute approximate surface area is 223 Å². The van der Waals surface area contributed by atoms with Gasteiger partial charge < -0.3 is 19.5 Å². The highest BCUT2D eigenvalue weighted by Crippen LogP contribution is 2.27. The number of hydrogen-bond acceptors (Lipinski definition) is 5. The molecule has 6 nitrogen and oxygen atoms in total. The summed E-state index contributed by atoms with van der Waals surface area (Å²) in [6.45, 7) is 7.24. The molecule has 11 heteroatoms. The van der Waals surface area contributed by atoms with E-state index in [4.69, 9.17) is 16.6 Å². The first kappa shape index (κ1) is 28.7. The van der Waals surface area contributed by atoms with E-state index in [1.54, 1.807) is 17.0 Å². The van der Waals surface area contributed by atoms with E-state index in [0.717, 1.165) is 28.0 Å². The Bertz CT molecular complexity index is 1200. The van der Waals surface area contributed by atoms with Gasteiger partial charge in [-0.1, -0.05) is 23.7 Å². The normalized spacial score (nSPS) is 12.1. The van der Waals surface area contributed by atoms with Gasteiger partial charge in [0.2, 0.25) is 5.91 Å². The standard InChI is InChI=1S/C26H30ClF3N4O2S/c1-3-33(4-2)24(35)17-31-14-5-15-34-23(20-8-12-22(13-9-20)36-26(28,29)30)18-37-25(34)32-16-19-6-10-21(27)11-7-19/h6-13,18,31H,3-5,14-17H2,1-2H3/b32-25-. The van der Waals surface area contributed by atoms with Crippen molar-refractivity contribution in [2.75, 3.05) is 26.2 Å². The van der Waals surface area contributed by atoms with Crippen LogP contribution in [0.4, 0.5) is 13.2 Å². The van der Waals surface area contributed by atoms with Crippen LogP contribution in [0.25, 0.3) is 11.3 Å². The van der Waals surface area contributed by atoms with Gasteiger partial charge in [-0.2, -0.15) is 0 Å². The Morgan fingerprint density at radius 2 is 1.78 bits per heavy atom. The van der Waals surface area contributed by atoms with E-state index in [-0.39, 0.29) is 18.2 Å². The van der Waals surface area contributed by atoms with Crippen LogP contribution in [0.3, 0.4) is 0 Å². The van der Waals surface area contributed by atoms with Crippen molar-refractivity contribution < 1.29 is 22.7 Å². The van der Waals surface area contributed by atoms with Crippen LogP contribution in [-0.2, 0) is 17.9 Å². The number of carbonyl (C=O) groups excluding carboxylic acids is 1. The van der Waals surface area contributed by atoms with E-state index in [1.165, 1.54) is 23.5 Å². The van der Waals surface area contributed by atoms with Crippen LogP contribution >= 0.6 is 22.9 Å². The molecule has 0 bridgehead atoms. The van der Waals surface area contributed by atoms with Crippen molar-refractivity contribution in [3.8, 4) is 17.0 Å². The summed E-state index contributed by atoms with van der Waals surface area (Å²) in [5, 5.41) is 5.80. The van der Waals surface area contributed by atoms with Gasteiger partial charge in [0.25, 0.3) is 0 Å². The molecular weight excluding hydrogens is 525 g/mol. The number of rotatable bonds is 12. The topological polar surface area (TPSA) is 58.9 Å². The van der Waals surface area contributed by atoms with Crippen molar-refractivity contribution in [1.82, 2.24) is 14.8 Å². The minimum atomic E-state index is -4.74. The van der Waals surface area contributed by atoms with Gasteiger partial charge in [-0.3, -0.25) is 9.79 Å². The number of nitrogens with zero attached hydrogens (tertiary/aromatic N) is 3. The SMILES string of the molecule is CCN(CC)C(=O)CNCCCn1c(-c2ccc(OC(F)(F)F)cc2)cs/c1=N\Cc1ccc(Cl)cc1. The molecule has 0 aliphatic heterocycles. The van der Waals surface area contributed by atoms with Crippen molar-refractivity contribution in [2.24, 2.45) is 4.99 Å². The van der Waals surface area contributed by atoms with Gasteiger partial charge in [0.15, 0.2) is 4.80 Å². The predicted molar refractivity (Wildman–Crippen MR) is 141 cm³/mol. The summed E-state index contributed by atoms with van der Waals surface area (Å²) < 4.78 is 43.7. The molecule has 0 fully saturated rings. The second-order valence-corrected chi connectivity index (χ2v) is 9.44. The Hall–Kier alpha value is -2.82. The van der Waals surface area contributed by atoms with Crippen LogP contribution in [0.2, 0.25) is 5.02 Å². The van der Waals surface area contributed by atoms with Gasteiger partial charge in [0.1, 0.15) is 5.75 Å². The van der Waals surface area contributed by atoms with E-state index in [9.17, 15) is 18.0 Å². The molecule has 3 aromatic rings. The monoisotopic (exact) mass is 554 g/mol. The van der Waals surface area contributed by atoms with Crippen molar-refractivity contribution in [3.63, 3.8) is 0 Å². The molecule has 200 valence electrons. The Morgan fingerprint density at radius 3 is 2.41 bits per heavy atom. The number of nitrogens with one attached hydrogen (secondary N) is 1. The maximum Gasteiger partial charge on any atom is 0.573 e. The molecule has 0 aliphatic rings. The molecule has 37 heavy (non-hydrogen) atoms. The van der Waals surface area contributed by atoms with Crippen molar-refractivity contribution in [1.29, 1.82) is 0 Å². The molecule has 1 aromatic heterocycles. The number of ether oxygens (including phenoxy) is 1. The molecule has 0 saturated carbocycles. The largest absolute Gasteiger partial charge is 0.573 e. The molecule has 1 amide bonds. The highest BCUT2D eigenvalue weighted by Gasteiger charge is 2.31. The smallest absolute Gasteiger partial charge is 0.406 e. The molecule has 0 spiro atoms. The molecule has 1 N–H and O–H groups in total. The quantitative estimate of drug-likeness (QED) is 0.291. The second-order valence-electron chi connectivity index (χ2n) is 8.17. The highest BCUT2D eigenvalue weighted by molar-refractivity contribution is 7.07. The number of hydrogen-bond donors (Lipinski definition) is 1. The van der Waals surface area contributed by atoms with E-state index in [2.05, 4.69) is 10.1 Å². The Kier molecular flexibility index (Phi) is 10.6. The van der Waals surface area contributed by atoms with Gasteiger partial charge in [-0.05, 0) is 74.3 Å². The van der Waals surface area contributed by atoms with Crippen LogP contribution in [0.1, 0.15) is 25.8 Å². The molecule has 0 atom stereocenters. The first-order chi connectivity index (χ1) is 17.7. The van der Waals surface area contributed by atoms with Gasteiger partial charge >= 0.3 is 6.36 Å². The van der Waals surface area contributed by atoms with Crippen molar-refractivity contribution in [3.05, 3.63) is 69.3 Å². The van der Waals surface area contributed by atoms with Crippen LogP contribution in [0.5, 0.6) is 5.75 Å². The zero-order valence-electron chi connectivity index (χ0n) is 20.7. The fourth-order valence-electron chi connectivity index (χ4n) is 3.72.